The van der Waals surface area contributed by atoms with Crippen LogP contribution in [0.2, 0.25) is 0 Å². The van der Waals surface area contributed by atoms with Crippen LogP contribution in [-0.2, 0) is 0 Å². The molecule has 0 saturated carbocycles. The van der Waals surface area contributed by atoms with E-state index in [2.05, 4.69) is 27.7 Å². The van der Waals surface area contributed by atoms with Crippen molar-refractivity contribution < 1.29 is 19.2 Å². The number of imide groups is 2. The smallest absolute Gasteiger partial charge is 0.261 e. The maximum absolute atomic E-state index is 13.8. The number of benzene rings is 5. The van der Waals surface area contributed by atoms with Crippen molar-refractivity contribution in [3.63, 3.8) is 0 Å². The van der Waals surface area contributed by atoms with Gasteiger partial charge in [0.25, 0.3) is 23.6 Å². The zero-order valence-electron chi connectivity index (χ0n) is 24.7. The number of carbonyl (C=O) groups excluding carboxylic acids is 4. The highest BCUT2D eigenvalue weighted by atomic mass is 16.2. The van der Waals surface area contributed by atoms with Gasteiger partial charge in [-0.25, -0.2) is 0 Å². The van der Waals surface area contributed by atoms with Crippen LogP contribution in [0.1, 0.15) is 95.8 Å². The Balaban J connectivity index is 1.49. The van der Waals surface area contributed by atoms with E-state index in [9.17, 15) is 19.2 Å². The molecular weight excluding hydrogens is 524 g/mol. The van der Waals surface area contributed by atoms with Crippen LogP contribution in [-0.4, -0.2) is 33.4 Å². The lowest BCUT2D eigenvalue weighted by Crippen LogP contribution is -2.42. The fourth-order valence-corrected chi connectivity index (χ4v) is 7.33. The standard InChI is InChI=1S/C36H32N2O4/c1-17(2)15-19(5)37-33(39)25-11-7-21-23-9-13-27-32-28(36(42)38(35(27)41)20(6)16-18(3)4)14-10-24(30(23)32)22-8-12-26(34(37)40)31(25)29(21)22/h7-14,17-18H,15-16H2,1-6H3. The summed E-state index contributed by atoms with van der Waals surface area (Å²) in [6, 6.07) is 16.5. The Labute approximate surface area is 244 Å². The van der Waals surface area contributed by atoms with Crippen LogP contribution in [0.15, 0.2) is 48.5 Å². The van der Waals surface area contributed by atoms with E-state index in [1.54, 1.807) is 0 Å². The van der Waals surface area contributed by atoms with Gasteiger partial charge in [-0.3, -0.25) is 29.0 Å². The number of amides is 4. The minimum absolute atomic E-state index is 0.297. The van der Waals surface area contributed by atoms with Crippen molar-refractivity contribution in [3.05, 3.63) is 82.9 Å². The first-order chi connectivity index (χ1) is 20.0. The van der Waals surface area contributed by atoms with E-state index in [-0.39, 0.29) is 23.6 Å². The van der Waals surface area contributed by atoms with Crippen LogP contribution < -0.4 is 0 Å². The third kappa shape index (κ3) is 3.44. The summed E-state index contributed by atoms with van der Waals surface area (Å²) in [5, 5.41) is 6.63. The normalized spacial score (nSPS) is 15.6. The molecular formula is C36H32N2O4. The molecule has 4 amide bonds. The fourth-order valence-electron chi connectivity index (χ4n) is 7.33. The number of nitrogens with zero attached hydrogens (tertiary/aromatic N) is 2. The van der Waals surface area contributed by atoms with E-state index in [0.29, 0.717) is 57.7 Å². The summed E-state index contributed by atoms with van der Waals surface area (Å²) in [6.07, 6.45) is 1.30. The molecule has 0 saturated heterocycles. The number of hydrogen-bond acceptors (Lipinski definition) is 4. The lowest BCUT2D eigenvalue weighted by atomic mass is 9.82. The summed E-state index contributed by atoms with van der Waals surface area (Å²) in [5.41, 5.74) is 2.05. The highest BCUT2D eigenvalue weighted by molar-refractivity contribution is 6.41. The first kappa shape index (κ1) is 26.6. The summed E-state index contributed by atoms with van der Waals surface area (Å²) < 4.78 is 0. The van der Waals surface area contributed by atoms with Gasteiger partial charge in [0.1, 0.15) is 0 Å². The monoisotopic (exact) mass is 556 g/mol. The second-order valence-corrected chi connectivity index (χ2v) is 12.7. The van der Waals surface area contributed by atoms with Crippen LogP contribution in [0.4, 0.5) is 0 Å². The number of fused-ring (bicyclic) bond motifs is 2. The summed E-state index contributed by atoms with van der Waals surface area (Å²) in [6.45, 7) is 12.0. The van der Waals surface area contributed by atoms with Crippen LogP contribution in [0.25, 0.3) is 43.1 Å². The van der Waals surface area contributed by atoms with Crippen molar-refractivity contribution in [2.24, 2.45) is 11.8 Å². The molecule has 6 nitrogen and oxygen atoms in total. The summed E-state index contributed by atoms with van der Waals surface area (Å²) in [5.74, 6) is -0.568. The Hall–Kier alpha value is -4.32. The van der Waals surface area contributed by atoms with E-state index in [1.165, 1.54) is 9.80 Å². The van der Waals surface area contributed by atoms with E-state index in [4.69, 9.17) is 0 Å². The largest absolute Gasteiger partial charge is 0.269 e. The third-order valence-corrected chi connectivity index (χ3v) is 8.81. The minimum Gasteiger partial charge on any atom is -0.269 e. The van der Waals surface area contributed by atoms with Gasteiger partial charge < -0.3 is 0 Å². The zero-order valence-corrected chi connectivity index (χ0v) is 24.7. The molecule has 5 aromatic rings. The number of carbonyl (C=O) groups is 4. The molecule has 2 heterocycles. The van der Waals surface area contributed by atoms with Gasteiger partial charge in [-0.15, -0.1) is 0 Å². The predicted octanol–water partition coefficient (Wildman–Crippen LogP) is 8.13. The Morgan fingerprint density at radius 2 is 0.738 bits per heavy atom. The van der Waals surface area contributed by atoms with Gasteiger partial charge in [0, 0.05) is 33.0 Å². The van der Waals surface area contributed by atoms with Gasteiger partial charge >= 0.3 is 0 Å². The quantitative estimate of drug-likeness (QED) is 0.120. The van der Waals surface area contributed by atoms with Gasteiger partial charge in [-0.1, -0.05) is 52.0 Å². The Bertz CT molecular complexity index is 1760. The Morgan fingerprint density at radius 1 is 0.476 bits per heavy atom. The lowest BCUT2D eigenvalue weighted by Gasteiger charge is -2.33. The van der Waals surface area contributed by atoms with Gasteiger partial charge in [0.2, 0.25) is 0 Å². The molecule has 2 aliphatic rings. The van der Waals surface area contributed by atoms with E-state index in [0.717, 1.165) is 44.4 Å². The Morgan fingerprint density at radius 3 is 0.976 bits per heavy atom. The van der Waals surface area contributed by atoms with E-state index < -0.39 is 0 Å². The van der Waals surface area contributed by atoms with Crippen molar-refractivity contribution in [2.45, 2.75) is 54.4 Å². The molecule has 0 unspecified atom stereocenters. The molecule has 2 aliphatic heterocycles. The average Bonchev–Trinajstić information content (AvgIpc) is 2.93. The van der Waals surface area contributed by atoms with Crippen LogP contribution in [0.3, 0.4) is 0 Å². The molecule has 7 rings (SSSR count). The van der Waals surface area contributed by atoms with Crippen molar-refractivity contribution in [1.82, 2.24) is 9.80 Å². The van der Waals surface area contributed by atoms with Gasteiger partial charge in [-0.05, 0) is 95.1 Å². The van der Waals surface area contributed by atoms with Crippen molar-refractivity contribution in [3.8, 4) is 0 Å². The maximum Gasteiger partial charge on any atom is 0.261 e. The van der Waals surface area contributed by atoms with Crippen molar-refractivity contribution in [2.75, 3.05) is 0 Å². The lowest BCUT2D eigenvalue weighted by molar-refractivity contribution is 0.0597. The fraction of sp³-hybridized carbons (Fsp3) is 0.278. The number of rotatable bonds is 6. The van der Waals surface area contributed by atoms with Gasteiger partial charge in [0.15, 0.2) is 0 Å². The highest BCUT2D eigenvalue weighted by Crippen LogP contribution is 2.47. The van der Waals surface area contributed by atoms with E-state index >= 15 is 0 Å². The SMILES string of the molecule is C[C](CC(C)C)N1C(=O)c2ccc3c4ccc5c6c(ccc(c7ccc(c2c37)C1=O)c64)C(=O)N([C](C)CC(C)C)C5=O. The molecule has 0 atom stereocenters. The van der Waals surface area contributed by atoms with Gasteiger partial charge in [-0.2, -0.15) is 0 Å². The molecule has 5 aromatic carbocycles. The summed E-state index contributed by atoms with van der Waals surface area (Å²) in [4.78, 5) is 57.7. The number of hydrogen-bond donors (Lipinski definition) is 0. The maximum atomic E-state index is 13.8. The second-order valence-electron chi connectivity index (χ2n) is 12.7. The molecule has 42 heavy (non-hydrogen) atoms. The highest BCUT2D eigenvalue weighted by Gasteiger charge is 2.39. The topological polar surface area (TPSA) is 74.8 Å². The third-order valence-electron chi connectivity index (χ3n) is 8.81. The first-order valence-electron chi connectivity index (χ1n) is 14.6. The molecule has 0 spiro atoms. The van der Waals surface area contributed by atoms with Crippen molar-refractivity contribution >= 4 is 66.7 Å². The summed E-state index contributed by atoms with van der Waals surface area (Å²) >= 11 is 0. The molecule has 210 valence electrons. The Kier molecular flexibility index (Phi) is 5.75. The average molecular weight is 557 g/mol. The molecule has 6 heteroatoms. The van der Waals surface area contributed by atoms with Gasteiger partial charge in [0.05, 0.1) is 12.1 Å². The summed E-state index contributed by atoms with van der Waals surface area (Å²) in [7, 11) is 0. The van der Waals surface area contributed by atoms with Crippen molar-refractivity contribution in [1.29, 1.82) is 0 Å². The second kappa shape index (κ2) is 9.09. The molecule has 2 radical (unpaired) electrons. The minimum atomic E-state index is -0.297. The molecule has 0 bridgehead atoms. The predicted molar refractivity (Wildman–Crippen MR) is 165 cm³/mol. The van der Waals surface area contributed by atoms with E-state index in [1.807, 2.05) is 62.4 Å². The zero-order chi connectivity index (χ0) is 29.8. The van der Waals surface area contributed by atoms with Crippen LogP contribution in [0.5, 0.6) is 0 Å². The molecule has 0 N–H and O–H groups in total. The molecule has 0 aromatic heterocycles. The first-order valence-corrected chi connectivity index (χ1v) is 14.6. The molecule has 0 fully saturated rings. The molecule has 0 aliphatic carbocycles. The van der Waals surface area contributed by atoms with Crippen LogP contribution in [0, 0.1) is 23.9 Å². The van der Waals surface area contributed by atoms with Crippen LogP contribution >= 0.6 is 0 Å².